The number of hydrogen-bond donors (Lipinski definition) is 1. The lowest BCUT2D eigenvalue weighted by molar-refractivity contribution is 0.102. The number of rotatable bonds is 4. The summed E-state index contributed by atoms with van der Waals surface area (Å²) in [7, 11) is -3.39. The van der Waals surface area contributed by atoms with Crippen molar-refractivity contribution in [3.8, 4) is 0 Å². The van der Waals surface area contributed by atoms with Crippen LogP contribution in [0.2, 0.25) is 15.1 Å². The van der Waals surface area contributed by atoms with Gasteiger partial charge >= 0.3 is 0 Å². The average molecular weight is 407 g/mol. The minimum atomic E-state index is -3.39. The number of amides is 1. The molecule has 0 aliphatic heterocycles. The van der Waals surface area contributed by atoms with E-state index < -0.39 is 21.0 Å². The molecule has 0 saturated heterocycles. The lowest BCUT2D eigenvalue weighted by Crippen LogP contribution is -2.15. The average Bonchev–Trinajstić information content (AvgIpc) is 2.50. The van der Waals surface area contributed by atoms with Crippen molar-refractivity contribution in [2.45, 2.75) is 24.0 Å². The van der Waals surface area contributed by atoms with E-state index in [0.29, 0.717) is 5.02 Å². The summed E-state index contributed by atoms with van der Waals surface area (Å²) in [6.45, 7) is 3.20. The van der Waals surface area contributed by atoms with E-state index in [9.17, 15) is 13.2 Å². The summed E-state index contributed by atoms with van der Waals surface area (Å²) in [5.41, 5.74) is 0.520. The smallest absolute Gasteiger partial charge is 0.255 e. The largest absolute Gasteiger partial charge is 0.319 e. The van der Waals surface area contributed by atoms with E-state index in [1.807, 2.05) is 0 Å². The van der Waals surface area contributed by atoms with Crippen LogP contribution >= 0.6 is 34.8 Å². The van der Waals surface area contributed by atoms with Gasteiger partial charge in [0, 0.05) is 10.6 Å². The fourth-order valence-corrected chi connectivity index (χ4v) is 3.89. The van der Waals surface area contributed by atoms with Crippen LogP contribution in [0.1, 0.15) is 24.2 Å². The van der Waals surface area contributed by atoms with Crippen molar-refractivity contribution < 1.29 is 13.2 Å². The number of benzene rings is 2. The maximum Gasteiger partial charge on any atom is 0.255 e. The van der Waals surface area contributed by atoms with Gasteiger partial charge in [0.2, 0.25) is 0 Å². The maximum absolute atomic E-state index is 12.3. The first-order valence-corrected chi connectivity index (χ1v) is 9.61. The number of carbonyl (C=O) groups is 1. The lowest BCUT2D eigenvalue weighted by Gasteiger charge is -2.11. The van der Waals surface area contributed by atoms with E-state index in [-0.39, 0.29) is 26.2 Å². The zero-order chi connectivity index (χ0) is 18.1. The summed E-state index contributed by atoms with van der Waals surface area (Å²) in [4.78, 5) is 12.5. The van der Waals surface area contributed by atoms with Gasteiger partial charge in [-0.1, -0.05) is 34.8 Å². The third kappa shape index (κ3) is 4.03. The van der Waals surface area contributed by atoms with Crippen LogP contribution in [0.5, 0.6) is 0 Å². The summed E-state index contributed by atoms with van der Waals surface area (Å²) in [6, 6.07) is 8.58. The molecule has 0 saturated carbocycles. The van der Waals surface area contributed by atoms with E-state index in [0.717, 1.165) is 0 Å². The van der Waals surface area contributed by atoms with Crippen molar-refractivity contribution in [1.82, 2.24) is 0 Å². The van der Waals surface area contributed by atoms with Crippen molar-refractivity contribution in [2.24, 2.45) is 0 Å². The minimum absolute atomic E-state index is 0.164. The Labute approximate surface area is 155 Å². The number of hydrogen-bond acceptors (Lipinski definition) is 3. The number of sulfone groups is 1. The molecule has 0 aromatic heterocycles. The summed E-state index contributed by atoms with van der Waals surface area (Å²) in [5.74, 6) is -0.463. The third-order valence-electron chi connectivity index (χ3n) is 3.31. The van der Waals surface area contributed by atoms with Gasteiger partial charge in [0.1, 0.15) is 0 Å². The Hall–Kier alpha value is -1.27. The molecule has 0 heterocycles. The first-order chi connectivity index (χ1) is 11.1. The Morgan fingerprint density at radius 3 is 1.96 bits per heavy atom. The van der Waals surface area contributed by atoms with Crippen LogP contribution in [0.4, 0.5) is 5.69 Å². The Morgan fingerprint density at radius 2 is 1.50 bits per heavy atom. The molecule has 2 aromatic rings. The summed E-state index contributed by atoms with van der Waals surface area (Å²) < 4.78 is 24.2. The molecule has 0 aliphatic carbocycles. The second-order valence-electron chi connectivity index (χ2n) is 5.32. The van der Waals surface area contributed by atoms with Gasteiger partial charge in [0.05, 0.1) is 25.9 Å². The molecule has 0 atom stereocenters. The van der Waals surface area contributed by atoms with Crippen LogP contribution < -0.4 is 5.32 Å². The zero-order valence-corrected chi connectivity index (χ0v) is 15.9. The predicted molar refractivity (Wildman–Crippen MR) is 98.2 cm³/mol. The monoisotopic (exact) mass is 405 g/mol. The standard InChI is InChI=1S/C16H14Cl3NO3S/c1-9(2)24(22,23)12-5-3-10(4-6-12)16(21)20-15-13(18)7-11(17)8-14(15)19/h3-9H,1-2H3,(H,20,21). The fourth-order valence-electron chi connectivity index (χ4n) is 1.92. The first kappa shape index (κ1) is 19.1. The van der Waals surface area contributed by atoms with E-state index in [1.165, 1.54) is 36.4 Å². The minimum Gasteiger partial charge on any atom is -0.319 e. The molecular formula is C16H14Cl3NO3S. The molecule has 1 N–H and O–H groups in total. The normalized spacial score (nSPS) is 11.6. The van der Waals surface area contributed by atoms with E-state index in [1.54, 1.807) is 13.8 Å². The molecule has 4 nitrogen and oxygen atoms in total. The molecule has 0 aliphatic rings. The highest BCUT2D eigenvalue weighted by atomic mass is 35.5. The van der Waals surface area contributed by atoms with Crippen molar-refractivity contribution in [2.75, 3.05) is 5.32 Å². The predicted octanol–water partition coefficient (Wildman–Crippen LogP) is 5.08. The maximum atomic E-state index is 12.3. The van der Waals surface area contributed by atoms with Gasteiger partial charge in [0.15, 0.2) is 9.84 Å². The molecule has 0 bridgehead atoms. The van der Waals surface area contributed by atoms with Gasteiger partial charge in [-0.15, -0.1) is 0 Å². The van der Waals surface area contributed by atoms with Crippen LogP contribution in [-0.4, -0.2) is 19.6 Å². The van der Waals surface area contributed by atoms with E-state index in [4.69, 9.17) is 34.8 Å². The Bertz CT molecular complexity index is 855. The third-order valence-corrected chi connectivity index (χ3v) is 6.30. The highest BCUT2D eigenvalue weighted by Crippen LogP contribution is 2.34. The number of nitrogens with one attached hydrogen (secondary N) is 1. The summed E-state index contributed by atoms with van der Waals surface area (Å²) in [6.07, 6.45) is 0. The second kappa shape index (κ2) is 7.31. The van der Waals surface area contributed by atoms with Crippen molar-refractivity contribution in [3.05, 3.63) is 57.0 Å². The van der Waals surface area contributed by atoms with Gasteiger partial charge in [-0.2, -0.15) is 0 Å². The second-order valence-corrected chi connectivity index (χ2v) is 9.07. The molecule has 0 fully saturated rings. The molecule has 0 unspecified atom stereocenters. The van der Waals surface area contributed by atoms with Crippen molar-refractivity contribution in [1.29, 1.82) is 0 Å². The highest BCUT2D eigenvalue weighted by Gasteiger charge is 2.20. The topological polar surface area (TPSA) is 63.2 Å². The molecule has 0 radical (unpaired) electrons. The molecular weight excluding hydrogens is 393 g/mol. The Balaban J connectivity index is 2.26. The Kier molecular flexibility index (Phi) is 5.81. The molecule has 0 spiro atoms. The van der Waals surface area contributed by atoms with Gasteiger partial charge in [-0.25, -0.2) is 8.42 Å². The van der Waals surface area contributed by atoms with Gasteiger partial charge in [0.25, 0.3) is 5.91 Å². The molecule has 2 aromatic carbocycles. The molecule has 24 heavy (non-hydrogen) atoms. The van der Waals surface area contributed by atoms with Crippen LogP contribution in [-0.2, 0) is 9.84 Å². The molecule has 1 amide bonds. The zero-order valence-electron chi connectivity index (χ0n) is 12.8. The summed E-state index contributed by atoms with van der Waals surface area (Å²) >= 11 is 17.9. The van der Waals surface area contributed by atoms with Crippen molar-refractivity contribution >= 4 is 56.2 Å². The first-order valence-electron chi connectivity index (χ1n) is 6.92. The van der Waals surface area contributed by atoms with Gasteiger partial charge < -0.3 is 5.32 Å². The van der Waals surface area contributed by atoms with Gasteiger partial charge in [-0.3, -0.25) is 4.79 Å². The number of anilines is 1. The quantitative estimate of drug-likeness (QED) is 0.770. The van der Waals surface area contributed by atoms with Crippen molar-refractivity contribution in [3.63, 3.8) is 0 Å². The van der Waals surface area contributed by atoms with Crippen LogP contribution in [0, 0.1) is 0 Å². The molecule has 8 heteroatoms. The van der Waals surface area contributed by atoms with Crippen LogP contribution in [0.15, 0.2) is 41.3 Å². The fraction of sp³-hybridized carbons (Fsp3) is 0.188. The van der Waals surface area contributed by atoms with Gasteiger partial charge in [-0.05, 0) is 50.2 Å². The number of halogens is 3. The number of carbonyl (C=O) groups excluding carboxylic acids is 1. The highest BCUT2D eigenvalue weighted by molar-refractivity contribution is 7.92. The van der Waals surface area contributed by atoms with E-state index >= 15 is 0 Å². The SMILES string of the molecule is CC(C)S(=O)(=O)c1ccc(C(=O)Nc2c(Cl)cc(Cl)cc2Cl)cc1. The summed E-state index contributed by atoms with van der Waals surface area (Å²) in [5, 5.41) is 2.82. The van der Waals surface area contributed by atoms with E-state index in [2.05, 4.69) is 5.32 Å². The lowest BCUT2D eigenvalue weighted by atomic mass is 10.2. The van der Waals surface area contributed by atoms with Crippen LogP contribution in [0.3, 0.4) is 0 Å². The Morgan fingerprint density at radius 1 is 1.00 bits per heavy atom. The molecule has 128 valence electrons. The molecule has 2 rings (SSSR count). The van der Waals surface area contributed by atoms with Crippen LogP contribution in [0.25, 0.3) is 0 Å².